The van der Waals surface area contributed by atoms with Crippen LogP contribution in [0, 0.1) is 5.92 Å². The summed E-state index contributed by atoms with van der Waals surface area (Å²) in [6, 6.07) is 9.83. The number of carbonyl (C=O) groups excluding carboxylic acids is 2. The predicted molar refractivity (Wildman–Crippen MR) is 102 cm³/mol. The molecular formula is C19H23N3O3S. The molecule has 0 aliphatic carbocycles. The fourth-order valence-corrected chi connectivity index (χ4v) is 3.47. The largest absolute Gasteiger partial charge is 0.444 e. The van der Waals surface area contributed by atoms with Crippen molar-refractivity contribution < 1.29 is 14.3 Å². The van der Waals surface area contributed by atoms with Crippen LogP contribution in [0.1, 0.15) is 27.2 Å². The van der Waals surface area contributed by atoms with Crippen LogP contribution in [0.15, 0.2) is 35.7 Å². The lowest BCUT2D eigenvalue weighted by atomic mass is 10.1. The number of nitrogens with one attached hydrogen (secondary N) is 1. The summed E-state index contributed by atoms with van der Waals surface area (Å²) in [5.41, 5.74) is 1.32. The lowest BCUT2D eigenvalue weighted by Gasteiger charge is -2.24. The minimum Gasteiger partial charge on any atom is -0.444 e. The van der Waals surface area contributed by atoms with Gasteiger partial charge in [0.15, 0.2) is 5.13 Å². The van der Waals surface area contributed by atoms with E-state index >= 15 is 0 Å². The third kappa shape index (κ3) is 4.60. The Morgan fingerprint density at radius 1 is 1.27 bits per heavy atom. The van der Waals surface area contributed by atoms with Gasteiger partial charge in [-0.1, -0.05) is 30.3 Å². The van der Waals surface area contributed by atoms with Crippen molar-refractivity contribution in [3.8, 4) is 11.3 Å². The summed E-state index contributed by atoms with van der Waals surface area (Å²) in [6.45, 7) is 6.39. The Labute approximate surface area is 157 Å². The number of hydrogen-bond donors (Lipinski definition) is 1. The zero-order valence-electron chi connectivity index (χ0n) is 15.2. The van der Waals surface area contributed by atoms with Crippen LogP contribution in [0.3, 0.4) is 0 Å². The number of hydrogen-bond acceptors (Lipinski definition) is 5. The number of thiazole rings is 1. The van der Waals surface area contributed by atoms with E-state index in [1.54, 1.807) is 4.90 Å². The number of carbonyl (C=O) groups is 2. The third-order valence-corrected chi connectivity index (χ3v) is 4.77. The summed E-state index contributed by atoms with van der Waals surface area (Å²) in [5, 5.41) is 5.37. The topological polar surface area (TPSA) is 71.5 Å². The van der Waals surface area contributed by atoms with Gasteiger partial charge < -0.3 is 15.0 Å². The highest BCUT2D eigenvalue weighted by Gasteiger charge is 2.33. The first-order valence-electron chi connectivity index (χ1n) is 8.61. The highest BCUT2D eigenvalue weighted by Crippen LogP contribution is 2.26. The van der Waals surface area contributed by atoms with Crippen LogP contribution in [-0.4, -0.2) is 40.6 Å². The summed E-state index contributed by atoms with van der Waals surface area (Å²) in [7, 11) is 0. The molecule has 7 heteroatoms. The summed E-state index contributed by atoms with van der Waals surface area (Å²) in [6.07, 6.45) is 0.260. The van der Waals surface area contributed by atoms with Crippen LogP contribution in [0.25, 0.3) is 11.3 Å². The molecule has 1 saturated heterocycles. The summed E-state index contributed by atoms with van der Waals surface area (Å²) >= 11 is 1.40. The molecule has 3 rings (SSSR count). The number of aromatic nitrogens is 1. The van der Waals surface area contributed by atoms with Gasteiger partial charge in [0.1, 0.15) is 5.60 Å². The molecular weight excluding hydrogens is 350 g/mol. The first-order valence-corrected chi connectivity index (χ1v) is 9.49. The van der Waals surface area contributed by atoms with E-state index in [2.05, 4.69) is 10.3 Å². The number of rotatable bonds is 3. The maximum atomic E-state index is 12.5. The van der Waals surface area contributed by atoms with E-state index in [-0.39, 0.29) is 17.9 Å². The Hall–Kier alpha value is -2.41. The van der Waals surface area contributed by atoms with Crippen LogP contribution in [0.5, 0.6) is 0 Å². The SMILES string of the molecule is CC(C)(C)OC(=O)N1CCC(C(=O)Nc2nc(-c3ccccc3)cs2)C1. The van der Waals surface area contributed by atoms with Gasteiger partial charge in [-0.3, -0.25) is 4.79 Å². The van der Waals surface area contributed by atoms with Crippen LogP contribution in [0.2, 0.25) is 0 Å². The van der Waals surface area contributed by atoms with Crippen molar-refractivity contribution in [3.05, 3.63) is 35.7 Å². The molecule has 6 nitrogen and oxygen atoms in total. The molecule has 0 radical (unpaired) electrons. The van der Waals surface area contributed by atoms with Gasteiger partial charge in [0, 0.05) is 24.0 Å². The van der Waals surface area contributed by atoms with E-state index in [9.17, 15) is 9.59 Å². The molecule has 26 heavy (non-hydrogen) atoms. The number of ether oxygens (including phenoxy) is 1. The van der Waals surface area contributed by atoms with E-state index in [0.717, 1.165) is 11.3 Å². The van der Waals surface area contributed by atoms with E-state index in [0.29, 0.717) is 24.6 Å². The van der Waals surface area contributed by atoms with Gasteiger partial charge in [-0.2, -0.15) is 0 Å². The maximum absolute atomic E-state index is 12.5. The Morgan fingerprint density at radius 3 is 2.69 bits per heavy atom. The molecule has 1 N–H and O–H groups in total. The molecule has 1 aromatic heterocycles. The zero-order chi connectivity index (χ0) is 18.7. The van der Waals surface area contributed by atoms with Gasteiger partial charge in [-0.25, -0.2) is 9.78 Å². The Morgan fingerprint density at radius 2 is 2.00 bits per heavy atom. The third-order valence-electron chi connectivity index (χ3n) is 4.01. The summed E-state index contributed by atoms with van der Waals surface area (Å²) in [4.78, 5) is 30.7. The van der Waals surface area contributed by atoms with Gasteiger partial charge in [-0.05, 0) is 27.2 Å². The van der Waals surface area contributed by atoms with Gasteiger partial charge >= 0.3 is 6.09 Å². The molecule has 1 aromatic carbocycles. The van der Waals surface area contributed by atoms with Gasteiger partial charge in [0.05, 0.1) is 11.6 Å². The quantitative estimate of drug-likeness (QED) is 0.882. The molecule has 1 aliphatic rings. The van der Waals surface area contributed by atoms with Crippen molar-refractivity contribution in [1.29, 1.82) is 0 Å². The minimum absolute atomic E-state index is 0.106. The first kappa shape index (κ1) is 18.4. The molecule has 1 aliphatic heterocycles. The fraction of sp³-hybridized carbons (Fsp3) is 0.421. The van der Waals surface area contributed by atoms with Crippen molar-refractivity contribution in [1.82, 2.24) is 9.88 Å². The highest BCUT2D eigenvalue weighted by atomic mass is 32.1. The second kappa shape index (κ2) is 7.45. The molecule has 0 spiro atoms. The number of likely N-dealkylation sites (tertiary alicyclic amines) is 1. The first-order chi connectivity index (χ1) is 12.3. The Bertz CT molecular complexity index is 783. The van der Waals surface area contributed by atoms with Crippen molar-refractivity contribution in [3.63, 3.8) is 0 Å². The van der Waals surface area contributed by atoms with Crippen molar-refractivity contribution in [2.45, 2.75) is 32.8 Å². The molecule has 2 heterocycles. The lowest BCUT2D eigenvalue weighted by Crippen LogP contribution is -2.36. The maximum Gasteiger partial charge on any atom is 0.410 e. The van der Waals surface area contributed by atoms with Crippen molar-refractivity contribution in [2.75, 3.05) is 18.4 Å². The summed E-state index contributed by atoms with van der Waals surface area (Å²) in [5.74, 6) is -0.350. The number of nitrogens with zero attached hydrogens (tertiary/aromatic N) is 2. The zero-order valence-corrected chi connectivity index (χ0v) is 16.0. The van der Waals surface area contributed by atoms with E-state index < -0.39 is 5.60 Å². The molecule has 2 aromatic rings. The molecule has 1 fully saturated rings. The van der Waals surface area contributed by atoms with E-state index in [1.165, 1.54) is 11.3 Å². The van der Waals surface area contributed by atoms with E-state index in [4.69, 9.17) is 4.74 Å². The normalized spacial score (nSPS) is 17.2. The van der Waals surface area contributed by atoms with Crippen LogP contribution in [0.4, 0.5) is 9.93 Å². The average molecular weight is 373 g/mol. The predicted octanol–water partition coefficient (Wildman–Crippen LogP) is 4.01. The highest BCUT2D eigenvalue weighted by molar-refractivity contribution is 7.14. The number of benzene rings is 1. The van der Waals surface area contributed by atoms with E-state index in [1.807, 2.05) is 56.5 Å². The molecule has 1 unspecified atom stereocenters. The van der Waals surface area contributed by atoms with Crippen molar-refractivity contribution >= 4 is 28.5 Å². The smallest absolute Gasteiger partial charge is 0.410 e. The minimum atomic E-state index is -0.536. The van der Waals surface area contributed by atoms with Gasteiger partial charge in [0.25, 0.3) is 0 Å². The lowest BCUT2D eigenvalue weighted by molar-refractivity contribution is -0.119. The van der Waals surface area contributed by atoms with Gasteiger partial charge in [0.2, 0.25) is 5.91 Å². The molecule has 138 valence electrons. The molecule has 0 bridgehead atoms. The molecule has 0 saturated carbocycles. The van der Waals surface area contributed by atoms with Crippen LogP contribution in [-0.2, 0) is 9.53 Å². The van der Waals surface area contributed by atoms with Crippen LogP contribution < -0.4 is 5.32 Å². The second-order valence-corrected chi connectivity index (χ2v) is 8.16. The molecule has 1 atom stereocenters. The monoisotopic (exact) mass is 373 g/mol. The van der Waals surface area contributed by atoms with Crippen LogP contribution >= 0.6 is 11.3 Å². The molecule has 2 amide bonds. The fourth-order valence-electron chi connectivity index (χ4n) is 2.75. The second-order valence-electron chi connectivity index (χ2n) is 7.31. The number of anilines is 1. The Kier molecular flexibility index (Phi) is 5.27. The summed E-state index contributed by atoms with van der Waals surface area (Å²) < 4.78 is 5.37. The average Bonchev–Trinajstić information content (AvgIpc) is 3.23. The number of amides is 2. The van der Waals surface area contributed by atoms with Gasteiger partial charge in [-0.15, -0.1) is 11.3 Å². The van der Waals surface area contributed by atoms with Crippen molar-refractivity contribution in [2.24, 2.45) is 5.92 Å². The standard InChI is InChI=1S/C19H23N3O3S/c1-19(2,3)25-18(24)22-10-9-14(11-22)16(23)21-17-20-15(12-26-17)13-7-5-4-6-8-13/h4-8,12,14H,9-11H2,1-3H3,(H,20,21,23). The Balaban J connectivity index is 1.56.